The van der Waals surface area contributed by atoms with Gasteiger partial charge in [-0.1, -0.05) is 12.1 Å². The standard InChI is InChI=1S/C19H23NO4S/c1-12-10-15(13(2)25-12)16(21)8-9-18(22)20-11-14-6-5-7-17(23-3)19(14)24-4/h5-7,10H,8-9,11H2,1-4H3,(H,20,22). The predicted molar refractivity (Wildman–Crippen MR) is 98.8 cm³/mol. The van der Waals surface area contributed by atoms with E-state index in [2.05, 4.69) is 5.32 Å². The lowest BCUT2D eigenvalue weighted by Gasteiger charge is -2.13. The average molecular weight is 361 g/mol. The molecule has 1 heterocycles. The van der Waals surface area contributed by atoms with Gasteiger partial charge in [-0.05, 0) is 26.0 Å². The van der Waals surface area contributed by atoms with E-state index in [9.17, 15) is 9.59 Å². The summed E-state index contributed by atoms with van der Waals surface area (Å²) in [5.41, 5.74) is 1.55. The maximum Gasteiger partial charge on any atom is 0.220 e. The summed E-state index contributed by atoms with van der Waals surface area (Å²) in [5.74, 6) is 1.07. The Morgan fingerprint density at radius 2 is 1.88 bits per heavy atom. The van der Waals surface area contributed by atoms with Crippen LogP contribution in [-0.2, 0) is 11.3 Å². The first-order valence-electron chi connectivity index (χ1n) is 8.03. The fourth-order valence-electron chi connectivity index (χ4n) is 2.64. The second kappa shape index (κ2) is 8.67. The molecule has 0 aliphatic carbocycles. The van der Waals surface area contributed by atoms with Gasteiger partial charge in [-0.3, -0.25) is 9.59 Å². The number of hydrogen-bond acceptors (Lipinski definition) is 5. The summed E-state index contributed by atoms with van der Waals surface area (Å²) in [6.45, 7) is 4.23. The lowest BCUT2D eigenvalue weighted by molar-refractivity contribution is -0.121. The maximum absolute atomic E-state index is 12.2. The van der Waals surface area contributed by atoms with Crippen molar-refractivity contribution in [2.24, 2.45) is 0 Å². The van der Waals surface area contributed by atoms with E-state index in [1.54, 1.807) is 31.6 Å². The molecule has 1 aromatic heterocycles. The number of hydrogen-bond donors (Lipinski definition) is 1. The predicted octanol–water partition coefficient (Wildman–Crippen LogP) is 3.66. The smallest absolute Gasteiger partial charge is 0.220 e. The van der Waals surface area contributed by atoms with Crippen molar-refractivity contribution in [1.82, 2.24) is 5.32 Å². The SMILES string of the molecule is COc1cccc(CNC(=O)CCC(=O)c2cc(C)sc2C)c1OC. The minimum absolute atomic E-state index is 0.0101. The fraction of sp³-hybridized carbons (Fsp3) is 0.368. The molecule has 0 bridgehead atoms. The van der Waals surface area contributed by atoms with Crippen molar-refractivity contribution in [1.29, 1.82) is 0 Å². The van der Waals surface area contributed by atoms with Gasteiger partial charge in [0.1, 0.15) is 0 Å². The van der Waals surface area contributed by atoms with Crippen LogP contribution in [0.5, 0.6) is 11.5 Å². The van der Waals surface area contributed by atoms with Gasteiger partial charge in [0.05, 0.1) is 14.2 Å². The van der Waals surface area contributed by atoms with Crippen LogP contribution in [0.4, 0.5) is 0 Å². The van der Waals surface area contributed by atoms with Crippen LogP contribution in [0.1, 0.15) is 38.5 Å². The third-order valence-electron chi connectivity index (χ3n) is 3.88. The number of thiophene rings is 1. The van der Waals surface area contributed by atoms with Crippen LogP contribution < -0.4 is 14.8 Å². The molecular weight excluding hydrogens is 338 g/mol. The molecule has 5 nitrogen and oxygen atoms in total. The summed E-state index contributed by atoms with van der Waals surface area (Å²) >= 11 is 1.60. The zero-order chi connectivity index (χ0) is 18.4. The number of carbonyl (C=O) groups is 2. The second-order valence-electron chi connectivity index (χ2n) is 5.68. The molecule has 0 fully saturated rings. The largest absolute Gasteiger partial charge is 0.493 e. The Morgan fingerprint density at radius 3 is 2.48 bits per heavy atom. The minimum atomic E-state index is -0.164. The van der Waals surface area contributed by atoms with Gasteiger partial charge in [0.2, 0.25) is 5.91 Å². The Kier molecular flexibility index (Phi) is 6.58. The zero-order valence-corrected chi connectivity index (χ0v) is 15.8. The number of para-hydroxylation sites is 1. The normalized spacial score (nSPS) is 10.4. The quantitative estimate of drug-likeness (QED) is 0.729. The molecule has 134 valence electrons. The molecule has 0 aliphatic rings. The average Bonchev–Trinajstić information content (AvgIpc) is 2.95. The minimum Gasteiger partial charge on any atom is -0.493 e. The van der Waals surface area contributed by atoms with E-state index in [1.807, 2.05) is 32.0 Å². The molecule has 1 aromatic carbocycles. The third kappa shape index (κ3) is 4.82. The number of nitrogens with one attached hydrogen (secondary N) is 1. The van der Waals surface area contributed by atoms with Gasteiger partial charge in [0.25, 0.3) is 0 Å². The molecule has 0 radical (unpaired) electrons. The van der Waals surface area contributed by atoms with E-state index in [0.717, 1.165) is 20.9 Å². The second-order valence-corrected chi connectivity index (χ2v) is 7.14. The molecule has 0 spiro atoms. The van der Waals surface area contributed by atoms with Crippen molar-refractivity contribution in [3.05, 3.63) is 45.1 Å². The van der Waals surface area contributed by atoms with Crippen LogP contribution >= 0.6 is 11.3 Å². The number of benzene rings is 1. The van der Waals surface area contributed by atoms with Crippen molar-refractivity contribution < 1.29 is 19.1 Å². The lowest BCUT2D eigenvalue weighted by atomic mass is 10.1. The molecule has 0 atom stereocenters. The van der Waals surface area contributed by atoms with Crippen LogP contribution in [0.15, 0.2) is 24.3 Å². The van der Waals surface area contributed by atoms with Gasteiger partial charge in [-0.25, -0.2) is 0 Å². The van der Waals surface area contributed by atoms with Crippen LogP contribution in [0.3, 0.4) is 0 Å². The monoisotopic (exact) mass is 361 g/mol. The highest BCUT2D eigenvalue weighted by molar-refractivity contribution is 7.12. The van der Waals surface area contributed by atoms with E-state index in [1.165, 1.54) is 0 Å². The number of methoxy groups -OCH3 is 2. The van der Waals surface area contributed by atoms with Gasteiger partial charge in [0.15, 0.2) is 17.3 Å². The summed E-state index contributed by atoms with van der Waals surface area (Å²) in [7, 11) is 3.13. The van der Waals surface area contributed by atoms with E-state index >= 15 is 0 Å². The molecule has 0 saturated carbocycles. The molecular formula is C19H23NO4S. The van der Waals surface area contributed by atoms with Crippen molar-refractivity contribution in [3.8, 4) is 11.5 Å². The third-order valence-corrected chi connectivity index (χ3v) is 4.85. The first-order valence-corrected chi connectivity index (χ1v) is 8.84. The van der Waals surface area contributed by atoms with Crippen molar-refractivity contribution in [3.63, 3.8) is 0 Å². The number of amides is 1. The van der Waals surface area contributed by atoms with Gasteiger partial charge >= 0.3 is 0 Å². The van der Waals surface area contributed by atoms with E-state index < -0.39 is 0 Å². The van der Waals surface area contributed by atoms with Gasteiger partial charge < -0.3 is 14.8 Å². The first kappa shape index (κ1) is 19.0. The summed E-state index contributed by atoms with van der Waals surface area (Å²) in [4.78, 5) is 26.4. The summed E-state index contributed by atoms with van der Waals surface area (Å²) < 4.78 is 10.6. The van der Waals surface area contributed by atoms with E-state index in [0.29, 0.717) is 18.0 Å². The topological polar surface area (TPSA) is 64.6 Å². The highest BCUT2D eigenvalue weighted by atomic mass is 32.1. The van der Waals surface area contributed by atoms with Crippen molar-refractivity contribution in [2.45, 2.75) is 33.2 Å². The van der Waals surface area contributed by atoms with E-state index in [4.69, 9.17) is 9.47 Å². The number of carbonyl (C=O) groups excluding carboxylic acids is 2. The first-order chi connectivity index (χ1) is 12.0. The van der Waals surface area contributed by atoms with E-state index in [-0.39, 0.29) is 24.5 Å². The molecule has 25 heavy (non-hydrogen) atoms. The van der Waals surface area contributed by atoms with Crippen LogP contribution in [0.25, 0.3) is 0 Å². The van der Waals surface area contributed by atoms with Crippen molar-refractivity contribution >= 4 is 23.0 Å². The molecule has 0 aliphatic heterocycles. The molecule has 1 N–H and O–H groups in total. The highest BCUT2D eigenvalue weighted by Crippen LogP contribution is 2.30. The van der Waals surface area contributed by atoms with Gasteiger partial charge in [-0.2, -0.15) is 0 Å². The molecule has 6 heteroatoms. The van der Waals surface area contributed by atoms with Gasteiger partial charge in [0, 0.05) is 40.3 Å². The number of Topliss-reactive ketones (excluding diaryl/α,β-unsaturated/α-hetero) is 1. The Bertz CT molecular complexity index is 767. The zero-order valence-electron chi connectivity index (χ0n) is 15.0. The summed E-state index contributed by atoms with van der Waals surface area (Å²) in [6, 6.07) is 7.40. The Hall–Kier alpha value is -2.34. The van der Waals surface area contributed by atoms with Gasteiger partial charge in [-0.15, -0.1) is 11.3 Å². The summed E-state index contributed by atoms with van der Waals surface area (Å²) in [6.07, 6.45) is 0.373. The number of rotatable bonds is 8. The molecule has 2 rings (SSSR count). The fourth-order valence-corrected chi connectivity index (χ4v) is 3.59. The Morgan fingerprint density at radius 1 is 1.12 bits per heavy atom. The molecule has 0 unspecified atom stereocenters. The number of ether oxygens (including phenoxy) is 2. The molecule has 1 amide bonds. The Balaban J connectivity index is 1.89. The Labute approximate surface area is 152 Å². The number of aryl methyl sites for hydroxylation is 2. The van der Waals surface area contributed by atoms with Crippen molar-refractivity contribution in [2.75, 3.05) is 14.2 Å². The highest BCUT2D eigenvalue weighted by Gasteiger charge is 2.15. The van der Waals surface area contributed by atoms with Crippen LogP contribution in [0.2, 0.25) is 0 Å². The maximum atomic E-state index is 12.2. The molecule has 0 saturated heterocycles. The number of ketones is 1. The lowest BCUT2D eigenvalue weighted by Crippen LogP contribution is -2.23. The van der Waals surface area contributed by atoms with Crippen LogP contribution in [0, 0.1) is 13.8 Å². The summed E-state index contributed by atoms with van der Waals surface area (Å²) in [5, 5.41) is 2.83. The van der Waals surface area contributed by atoms with Crippen LogP contribution in [-0.4, -0.2) is 25.9 Å². The molecule has 2 aromatic rings.